The van der Waals surface area contributed by atoms with Gasteiger partial charge >= 0.3 is 12.3 Å². The molecule has 1 aromatic rings. The normalized spacial score (nSPS) is 13.8. The summed E-state index contributed by atoms with van der Waals surface area (Å²) in [6.07, 6.45) is -2.75. The number of carbonyl (C=O) groups excluding carboxylic acids is 1. The molecule has 1 rings (SSSR count). The van der Waals surface area contributed by atoms with Gasteiger partial charge in [-0.1, -0.05) is 0 Å². The second-order valence-corrected chi connectivity index (χ2v) is 3.42. The van der Waals surface area contributed by atoms with Crippen LogP contribution in [0.2, 0.25) is 0 Å². The standard InChI is InChI=1S/C8H10F4N4O/c1-4(5-15-13-3-16(5)2)14-7(17)8(11,12)6(9)10/h3-4,6H,1-2H3,(H,14,17). The Balaban J connectivity index is 2.73. The zero-order valence-electron chi connectivity index (χ0n) is 8.99. The fourth-order valence-electron chi connectivity index (χ4n) is 1.14. The van der Waals surface area contributed by atoms with Crippen LogP contribution in [0.15, 0.2) is 6.33 Å². The summed E-state index contributed by atoms with van der Waals surface area (Å²) in [5, 5.41) is 8.79. The van der Waals surface area contributed by atoms with Crippen LogP contribution in [-0.4, -0.2) is 33.0 Å². The Bertz CT molecular complexity index is 406. The van der Waals surface area contributed by atoms with Crippen molar-refractivity contribution in [3.63, 3.8) is 0 Å². The van der Waals surface area contributed by atoms with Gasteiger partial charge in [-0.3, -0.25) is 4.79 Å². The number of hydrogen-bond donors (Lipinski definition) is 1. The van der Waals surface area contributed by atoms with Crippen LogP contribution in [0.25, 0.3) is 0 Å². The minimum atomic E-state index is -4.72. The highest BCUT2D eigenvalue weighted by atomic mass is 19.3. The Morgan fingerprint density at radius 2 is 2.12 bits per heavy atom. The number of carbonyl (C=O) groups is 1. The molecular weight excluding hydrogens is 244 g/mol. The number of nitrogens with one attached hydrogen (secondary N) is 1. The minimum absolute atomic E-state index is 0.184. The van der Waals surface area contributed by atoms with Crippen molar-refractivity contribution < 1.29 is 22.4 Å². The van der Waals surface area contributed by atoms with E-state index >= 15 is 0 Å². The molecule has 9 heteroatoms. The second kappa shape index (κ2) is 4.68. The van der Waals surface area contributed by atoms with Gasteiger partial charge in [0.1, 0.15) is 6.33 Å². The number of hydrogen-bond acceptors (Lipinski definition) is 3. The van der Waals surface area contributed by atoms with E-state index in [1.807, 2.05) is 0 Å². The van der Waals surface area contributed by atoms with Gasteiger partial charge in [0.25, 0.3) is 5.91 Å². The average molecular weight is 254 g/mol. The molecule has 1 atom stereocenters. The van der Waals surface area contributed by atoms with Gasteiger partial charge in [-0.15, -0.1) is 10.2 Å². The fourth-order valence-corrected chi connectivity index (χ4v) is 1.14. The van der Waals surface area contributed by atoms with Crippen molar-refractivity contribution in [1.82, 2.24) is 20.1 Å². The van der Waals surface area contributed by atoms with Gasteiger partial charge in [0.05, 0.1) is 6.04 Å². The molecule has 1 unspecified atom stereocenters. The molecule has 1 amide bonds. The lowest BCUT2D eigenvalue weighted by Gasteiger charge is -2.18. The number of aryl methyl sites for hydroxylation is 1. The third-order valence-electron chi connectivity index (χ3n) is 2.06. The summed E-state index contributed by atoms with van der Waals surface area (Å²) < 4.78 is 50.4. The lowest BCUT2D eigenvalue weighted by atomic mass is 10.2. The van der Waals surface area contributed by atoms with E-state index in [9.17, 15) is 22.4 Å². The third-order valence-corrected chi connectivity index (χ3v) is 2.06. The number of rotatable bonds is 4. The molecule has 0 aliphatic carbocycles. The summed E-state index contributed by atoms with van der Waals surface area (Å²) in [7, 11) is 1.53. The van der Waals surface area contributed by atoms with Gasteiger partial charge in [0, 0.05) is 7.05 Å². The molecule has 96 valence electrons. The first-order chi connectivity index (χ1) is 7.76. The highest BCUT2D eigenvalue weighted by Crippen LogP contribution is 2.24. The van der Waals surface area contributed by atoms with Crippen molar-refractivity contribution in [2.75, 3.05) is 0 Å². The SMILES string of the molecule is CC(NC(=O)C(F)(F)C(F)F)c1nncn1C. The largest absolute Gasteiger partial charge is 0.383 e. The van der Waals surface area contributed by atoms with Gasteiger partial charge in [-0.25, -0.2) is 8.78 Å². The predicted octanol–water partition coefficient (Wildman–Crippen LogP) is 0.893. The number of nitrogens with zero attached hydrogens (tertiary/aromatic N) is 3. The molecule has 1 heterocycles. The van der Waals surface area contributed by atoms with Crippen LogP contribution in [-0.2, 0) is 11.8 Å². The van der Waals surface area contributed by atoms with Gasteiger partial charge in [-0.2, -0.15) is 8.78 Å². The van der Waals surface area contributed by atoms with E-state index in [2.05, 4.69) is 10.2 Å². The van der Waals surface area contributed by atoms with Gasteiger partial charge in [0.15, 0.2) is 5.82 Å². The summed E-state index contributed by atoms with van der Waals surface area (Å²) in [5.41, 5.74) is 0. The lowest BCUT2D eigenvalue weighted by Crippen LogP contribution is -2.46. The van der Waals surface area contributed by atoms with E-state index in [0.29, 0.717) is 0 Å². The molecule has 0 saturated heterocycles. The molecule has 1 aromatic heterocycles. The Morgan fingerprint density at radius 3 is 2.53 bits per heavy atom. The van der Waals surface area contributed by atoms with Crippen molar-refractivity contribution in [3.8, 4) is 0 Å². The minimum Gasteiger partial charge on any atom is -0.341 e. The molecule has 1 N–H and O–H groups in total. The second-order valence-electron chi connectivity index (χ2n) is 3.42. The van der Waals surface area contributed by atoms with Crippen LogP contribution in [0.1, 0.15) is 18.8 Å². The number of halogens is 4. The summed E-state index contributed by atoms with van der Waals surface area (Å²) in [6.45, 7) is 1.34. The molecule has 5 nitrogen and oxygen atoms in total. The Hall–Kier alpha value is -1.67. The molecule has 0 aliphatic rings. The Labute approximate surface area is 93.8 Å². The first-order valence-electron chi connectivity index (χ1n) is 4.57. The number of aromatic nitrogens is 3. The molecule has 0 bridgehead atoms. The van der Waals surface area contributed by atoms with Gasteiger partial charge in [-0.05, 0) is 6.92 Å². The van der Waals surface area contributed by atoms with Gasteiger partial charge < -0.3 is 9.88 Å². The number of alkyl halides is 4. The Morgan fingerprint density at radius 1 is 1.53 bits per heavy atom. The van der Waals surface area contributed by atoms with Crippen molar-refractivity contribution in [2.24, 2.45) is 7.05 Å². The molecule has 17 heavy (non-hydrogen) atoms. The monoisotopic (exact) mass is 254 g/mol. The van der Waals surface area contributed by atoms with E-state index in [1.54, 1.807) is 5.32 Å². The predicted molar refractivity (Wildman–Crippen MR) is 48.5 cm³/mol. The maximum Gasteiger partial charge on any atom is 0.383 e. The molecule has 0 spiro atoms. The van der Waals surface area contributed by atoms with E-state index in [-0.39, 0.29) is 5.82 Å². The first-order valence-corrected chi connectivity index (χ1v) is 4.57. The fraction of sp³-hybridized carbons (Fsp3) is 0.625. The van der Waals surface area contributed by atoms with Crippen LogP contribution in [0, 0.1) is 0 Å². The molecule has 0 saturated carbocycles. The summed E-state index contributed by atoms with van der Waals surface area (Å²) >= 11 is 0. The zero-order chi connectivity index (χ0) is 13.2. The summed E-state index contributed by atoms with van der Waals surface area (Å²) in [6, 6.07) is -0.945. The van der Waals surface area contributed by atoms with Crippen molar-refractivity contribution in [3.05, 3.63) is 12.2 Å². The quantitative estimate of drug-likeness (QED) is 0.812. The van der Waals surface area contributed by atoms with Crippen LogP contribution < -0.4 is 5.32 Å². The number of amides is 1. The molecule has 0 aliphatic heterocycles. The highest BCUT2D eigenvalue weighted by molar-refractivity contribution is 5.84. The smallest absolute Gasteiger partial charge is 0.341 e. The van der Waals surface area contributed by atoms with E-state index in [1.165, 1.54) is 24.9 Å². The summed E-state index contributed by atoms with van der Waals surface area (Å²) in [4.78, 5) is 10.9. The molecule has 0 radical (unpaired) electrons. The van der Waals surface area contributed by atoms with Crippen LogP contribution in [0.4, 0.5) is 17.6 Å². The van der Waals surface area contributed by atoms with E-state index in [0.717, 1.165) is 0 Å². The summed E-state index contributed by atoms with van der Waals surface area (Å²) in [5.74, 6) is -6.57. The van der Waals surface area contributed by atoms with E-state index < -0.39 is 24.3 Å². The van der Waals surface area contributed by atoms with Crippen molar-refractivity contribution >= 4 is 5.91 Å². The molecule has 0 aromatic carbocycles. The topological polar surface area (TPSA) is 59.8 Å². The average Bonchev–Trinajstić information content (AvgIpc) is 2.63. The lowest BCUT2D eigenvalue weighted by molar-refractivity contribution is -0.170. The van der Waals surface area contributed by atoms with Crippen LogP contribution >= 0.6 is 0 Å². The first kappa shape index (κ1) is 13.4. The molecule has 0 fully saturated rings. The van der Waals surface area contributed by atoms with Crippen molar-refractivity contribution in [2.45, 2.75) is 25.3 Å². The van der Waals surface area contributed by atoms with Gasteiger partial charge in [0.2, 0.25) is 0 Å². The third kappa shape index (κ3) is 2.71. The Kier molecular flexibility index (Phi) is 3.69. The maximum atomic E-state index is 12.6. The zero-order valence-corrected chi connectivity index (χ0v) is 8.99. The van der Waals surface area contributed by atoms with Crippen LogP contribution in [0.3, 0.4) is 0 Å². The maximum absolute atomic E-state index is 12.6. The van der Waals surface area contributed by atoms with E-state index in [4.69, 9.17) is 0 Å². The van der Waals surface area contributed by atoms with Crippen molar-refractivity contribution in [1.29, 1.82) is 0 Å². The van der Waals surface area contributed by atoms with Crippen LogP contribution in [0.5, 0.6) is 0 Å². The molecular formula is C8H10F4N4O. The highest BCUT2D eigenvalue weighted by Gasteiger charge is 2.49.